The summed E-state index contributed by atoms with van der Waals surface area (Å²) in [5.74, 6) is 1.06. The van der Waals surface area contributed by atoms with Gasteiger partial charge in [-0.1, -0.05) is 205 Å². The van der Waals surface area contributed by atoms with E-state index in [2.05, 4.69) is 115 Å². The van der Waals surface area contributed by atoms with E-state index < -0.39 is 55.2 Å². The van der Waals surface area contributed by atoms with E-state index in [0.29, 0.717) is 44.8 Å². The molecular formula is C69H58N4O. The number of nitrogens with zero attached hydrogens (tertiary/aromatic N) is 4. The Bertz CT molecular complexity index is 4680. The molecule has 74 heavy (non-hydrogen) atoms. The second-order valence-electron chi connectivity index (χ2n) is 20.6. The molecule has 0 aliphatic carbocycles. The third-order valence-electron chi connectivity index (χ3n) is 13.6. The minimum atomic E-state index is -2.79. The predicted molar refractivity (Wildman–Crippen MR) is 306 cm³/mol. The van der Waals surface area contributed by atoms with Gasteiger partial charge in [-0.15, -0.1) is 0 Å². The van der Waals surface area contributed by atoms with E-state index in [1.807, 2.05) is 92.6 Å². The Balaban J connectivity index is 1.04. The van der Waals surface area contributed by atoms with Crippen molar-refractivity contribution >= 4 is 32.8 Å². The molecule has 0 saturated heterocycles. The van der Waals surface area contributed by atoms with E-state index >= 15 is 0 Å². The SMILES string of the molecule is [2H]c1c([2H])c([2H])c(-c2ccc3c(c2)n(-c2cccc(Oc4ccc5c6ccccc6n(-c6cc(C([2H])([2H])[2H])c(-c7c([2H])c([2H])c([2H])c([2H])c7[2H])cn6)c5c4)c2)[c-][n+]3-c2c(-c3cccc(C(C)(C)C)c3)cccc2-c2cccc(C(C)(C)C)c2)c([2H])c1[2H]. The lowest BCUT2D eigenvalue weighted by Gasteiger charge is -2.23. The van der Waals surface area contributed by atoms with Gasteiger partial charge in [0.2, 0.25) is 0 Å². The second-order valence-corrected chi connectivity index (χ2v) is 20.6. The summed E-state index contributed by atoms with van der Waals surface area (Å²) < 4.78 is 124. The van der Waals surface area contributed by atoms with E-state index in [1.54, 1.807) is 6.07 Å². The van der Waals surface area contributed by atoms with E-state index in [0.717, 1.165) is 49.8 Å². The standard InChI is InChI=1S/C69H58N4O/c1-46-38-66(70-44-61(46)48-22-12-9-13-23-48)73-62-33-15-14-30-59(62)60-36-35-56(43-64(60)73)74-55-29-18-28-54(42-55)71-45-72(63-37-34-49(41-65(63)71)47-20-10-8-11-21-47)67-57(50-24-16-26-52(39-50)68(2,3)4)31-19-32-58(67)51-25-17-27-53(40-51)69(5,6)7/h8-44H,1-7H3/i1D3,8D,9D,10D,11D,12D,13D,20D,21D,22D,23D. The maximum atomic E-state index is 9.03. The Labute approximate surface area is 452 Å². The number of rotatable bonds is 9. The summed E-state index contributed by atoms with van der Waals surface area (Å²) in [6, 6.07) is 46.1. The zero-order valence-corrected chi connectivity index (χ0v) is 41.8. The number of fused-ring (bicyclic) bond motifs is 4. The van der Waals surface area contributed by atoms with Gasteiger partial charge in [-0.2, -0.15) is 0 Å². The number of ether oxygens (including phenoxy) is 1. The van der Waals surface area contributed by atoms with Crippen molar-refractivity contribution in [2.75, 3.05) is 0 Å². The van der Waals surface area contributed by atoms with Crippen molar-refractivity contribution in [2.45, 2.75) is 59.2 Å². The molecule has 5 nitrogen and oxygen atoms in total. The maximum Gasteiger partial charge on any atom is 0.269 e. The summed E-state index contributed by atoms with van der Waals surface area (Å²) >= 11 is 0. The van der Waals surface area contributed by atoms with Crippen LogP contribution in [0.4, 0.5) is 0 Å². The van der Waals surface area contributed by atoms with Crippen LogP contribution in [0.25, 0.3) is 94.5 Å². The minimum Gasteiger partial charge on any atom is -0.458 e. The van der Waals surface area contributed by atoms with Gasteiger partial charge in [0, 0.05) is 32.7 Å². The van der Waals surface area contributed by atoms with Crippen LogP contribution in [0, 0.1) is 13.2 Å². The summed E-state index contributed by atoms with van der Waals surface area (Å²) in [4.78, 5) is 4.74. The molecule has 0 amide bonds. The quantitative estimate of drug-likeness (QED) is 0.107. The molecule has 3 aromatic heterocycles. The molecule has 0 unspecified atom stereocenters. The van der Waals surface area contributed by atoms with E-state index in [9.17, 15) is 0 Å². The van der Waals surface area contributed by atoms with Crippen molar-refractivity contribution in [1.29, 1.82) is 0 Å². The Morgan fingerprint density at radius 1 is 0.514 bits per heavy atom. The van der Waals surface area contributed by atoms with E-state index in [-0.39, 0.29) is 51.0 Å². The number of hydrogen-bond acceptors (Lipinski definition) is 2. The third kappa shape index (κ3) is 8.54. The first-order valence-electron chi connectivity index (χ1n) is 31.0. The number of benzene rings is 9. The van der Waals surface area contributed by atoms with Crippen molar-refractivity contribution in [3.63, 3.8) is 0 Å². The summed E-state index contributed by atoms with van der Waals surface area (Å²) in [6.07, 6.45) is 5.01. The van der Waals surface area contributed by atoms with Crippen LogP contribution in [0.3, 0.4) is 0 Å². The predicted octanol–water partition coefficient (Wildman–Crippen LogP) is 17.6. The zero-order valence-electron chi connectivity index (χ0n) is 54.8. The second kappa shape index (κ2) is 18.4. The maximum absolute atomic E-state index is 9.03. The number of aryl methyl sites for hydroxylation is 1. The van der Waals surface area contributed by atoms with Gasteiger partial charge in [-0.05, 0) is 122 Å². The molecule has 0 aliphatic heterocycles. The molecule has 5 heteroatoms. The van der Waals surface area contributed by atoms with Crippen LogP contribution < -0.4 is 9.30 Å². The van der Waals surface area contributed by atoms with Gasteiger partial charge in [-0.25, -0.2) is 4.98 Å². The zero-order chi connectivity index (χ0) is 61.9. The van der Waals surface area contributed by atoms with Gasteiger partial charge in [0.05, 0.1) is 47.1 Å². The highest BCUT2D eigenvalue weighted by molar-refractivity contribution is 6.09. The Morgan fingerprint density at radius 3 is 1.84 bits per heavy atom. The van der Waals surface area contributed by atoms with Crippen molar-refractivity contribution < 1.29 is 27.1 Å². The minimum absolute atomic E-state index is 0.0565. The molecule has 0 atom stereocenters. The number of pyridine rings is 1. The molecule has 12 aromatic rings. The average Bonchev–Trinajstić information content (AvgIpc) is 1.78. The molecule has 9 aromatic carbocycles. The van der Waals surface area contributed by atoms with Crippen LogP contribution >= 0.6 is 0 Å². The Kier molecular flexibility index (Phi) is 8.38. The van der Waals surface area contributed by atoms with Crippen LogP contribution in [0.15, 0.2) is 224 Å². The van der Waals surface area contributed by atoms with Crippen LogP contribution in [-0.2, 0) is 10.8 Å². The first-order valence-corrected chi connectivity index (χ1v) is 24.5. The molecule has 0 spiro atoms. The first-order chi connectivity index (χ1) is 41.2. The molecule has 3 heterocycles. The molecule has 12 rings (SSSR count). The fourth-order valence-electron chi connectivity index (χ4n) is 9.81. The molecule has 0 N–H and O–H groups in total. The Hall–Kier alpha value is -8.80. The average molecular weight is 972 g/mol. The van der Waals surface area contributed by atoms with Crippen molar-refractivity contribution in [3.05, 3.63) is 247 Å². The number of para-hydroxylation sites is 2. The van der Waals surface area contributed by atoms with Crippen LogP contribution in [0.1, 0.15) is 76.1 Å². The van der Waals surface area contributed by atoms with Crippen LogP contribution in [0.2, 0.25) is 0 Å². The molecule has 0 aliphatic rings. The van der Waals surface area contributed by atoms with Gasteiger partial charge in [-0.3, -0.25) is 13.7 Å². The highest BCUT2D eigenvalue weighted by Crippen LogP contribution is 2.40. The van der Waals surface area contributed by atoms with Gasteiger partial charge >= 0.3 is 0 Å². The van der Waals surface area contributed by atoms with Crippen LogP contribution in [0.5, 0.6) is 11.5 Å². The van der Waals surface area contributed by atoms with Crippen molar-refractivity contribution in [2.24, 2.45) is 0 Å². The van der Waals surface area contributed by atoms with Gasteiger partial charge in [0.25, 0.3) is 6.33 Å². The highest BCUT2D eigenvalue weighted by atomic mass is 16.5. The summed E-state index contributed by atoms with van der Waals surface area (Å²) in [6.45, 7) is 10.4. The molecule has 360 valence electrons. The molecule has 0 fully saturated rings. The van der Waals surface area contributed by atoms with Gasteiger partial charge in [0.1, 0.15) is 17.3 Å². The number of aromatic nitrogens is 4. The fraction of sp³-hybridized carbons (Fsp3) is 0.130. The summed E-state index contributed by atoms with van der Waals surface area (Å²) in [7, 11) is 0. The van der Waals surface area contributed by atoms with Crippen LogP contribution in [-0.4, -0.2) is 14.1 Å². The lowest BCUT2D eigenvalue weighted by Crippen LogP contribution is -2.31. The number of imidazole rings is 1. The smallest absolute Gasteiger partial charge is 0.269 e. The monoisotopic (exact) mass is 972 g/mol. The third-order valence-corrected chi connectivity index (χ3v) is 13.6. The number of hydrogen-bond donors (Lipinski definition) is 0. The molecular weight excluding hydrogens is 901 g/mol. The molecule has 0 radical (unpaired) electrons. The largest absolute Gasteiger partial charge is 0.458 e. The van der Waals surface area contributed by atoms with Gasteiger partial charge < -0.3 is 4.74 Å². The summed E-state index contributed by atoms with van der Waals surface area (Å²) in [5, 5.41) is 1.65. The normalized spacial score (nSPS) is 14.6. The Morgan fingerprint density at radius 2 is 1.15 bits per heavy atom. The molecule has 0 saturated carbocycles. The van der Waals surface area contributed by atoms with Crippen molar-refractivity contribution in [1.82, 2.24) is 14.1 Å². The lowest BCUT2D eigenvalue weighted by atomic mass is 9.84. The summed E-state index contributed by atoms with van der Waals surface area (Å²) in [5.41, 5.74) is 9.82. The van der Waals surface area contributed by atoms with E-state index in [1.165, 1.54) is 12.3 Å². The topological polar surface area (TPSA) is 35.9 Å². The molecule has 0 bridgehead atoms. The first kappa shape index (κ1) is 33.8. The van der Waals surface area contributed by atoms with Crippen molar-refractivity contribution in [3.8, 4) is 73.2 Å². The highest BCUT2D eigenvalue weighted by Gasteiger charge is 2.24. The van der Waals surface area contributed by atoms with E-state index in [4.69, 9.17) is 27.5 Å². The fourth-order valence-corrected chi connectivity index (χ4v) is 9.81. The van der Waals surface area contributed by atoms with Gasteiger partial charge in [0.15, 0.2) is 0 Å². The lowest BCUT2D eigenvalue weighted by molar-refractivity contribution is -0.571.